The van der Waals surface area contributed by atoms with Crippen molar-refractivity contribution in [3.05, 3.63) is 34.9 Å². The number of hydrogen-bond acceptors (Lipinski definition) is 4. The molecule has 1 aromatic carbocycles. The Morgan fingerprint density at radius 3 is 2.56 bits per heavy atom. The van der Waals surface area contributed by atoms with Crippen LogP contribution in [0.25, 0.3) is 0 Å². The molecule has 0 unspecified atom stereocenters. The van der Waals surface area contributed by atoms with Crippen molar-refractivity contribution in [3.63, 3.8) is 0 Å². The van der Waals surface area contributed by atoms with Crippen molar-refractivity contribution in [2.24, 2.45) is 11.8 Å². The van der Waals surface area contributed by atoms with Gasteiger partial charge in [0.15, 0.2) is 0 Å². The number of carbonyl (C=O) groups is 1. The minimum absolute atomic E-state index is 0.370. The van der Waals surface area contributed by atoms with E-state index in [0.717, 1.165) is 82.8 Å². The lowest BCUT2D eigenvalue weighted by molar-refractivity contribution is -0.132. The van der Waals surface area contributed by atoms with Gasteiger partial charge in [0.2, 0.25) is 5.91 Å². The Kier molecular flexibility index (Phi) is 8.87. The maximum atomic E-state index is 13.1. The van der Waals surface area contributed by atoms with Gasteiger partial charge < -0.3 is 9.64 Å². The van der Waals surface area contributed by atoms with Crippen molar-refractivity contribution in [1.29, 1.82) is 0 Å². The molecule has 0 aromatic heterocycles. The zero-order valence-electron chi connectivity index (χ0n) is 19.7. The van der Waals surface area contributed by atoms with E-state index in [9.17, 15) is 4.79 Å². The highest BCUT2D eigenvalue weighted by molar-refractivity contribution is 6.30. The average Bonchev–Trinajstić information content (AvgIpc) is 3.63. The van der Waals surface area contributed by atoms with E-state index < -0.39 is 0 Å². The Morgan fingerprint density at radius 1 is 1.12 bits per heavy atom. The highest BCUT2D eigenvalue weighted by atomic mass is 35.5. The van der Waals surface area contributed by atoms with Crippen LogP contribution in [-0.2, 0) is 16.1 Å². The standard InChI is InChI=1S/C26H40ClN3O2/c1-2-12-30(19-22-3-4-22)26(31)10-7-23-20-28(18-21-5-8-24(27)9-6-21)13-11-25(23)29-14-16-32-17-15-29/h5-6,8-9,22-23,25H,2-4,7,10-20H2,1H3/t23-,25+/m0/s1. The van der Waals surface area contributed by atoms with E-state index in [-0.39, 0.29) is 0 Å². The second-order valence-electron chi connectivity index (χ2n) is 9.95. The van der Waals surface area contributed by atoms with Gasteiger partial charge in [-0.2, -0.15) is 0 Å². The largest absolute Gasteiger partial charge is 0.379 e. The number of halogens is 1. The molecule has 4 rings (SSSR count). The summed E-state index contributed by atoms with van der Waals surface area (Å²) in [7, 11) is 0. The summed E-state index contributed by atoms with van der Waals surface area (Å²) in [5, 5.41) is 0.791. The van der Waals surface area contributed by atoms with Crippen LogP contribution in [0.4, 0.5) is 0 Å². The lowest BCUT2D eigenvalue weighted by Gasteiger charge is -2.45. The highest BCUT2D eigenvalue weighted by Gasteiger charge is 2.35. The third-order valence-corrected chi connectivity index (χ3v) is 7.61. The van der Waals surface area contributed by atoms with Crippen molar-refractivity contribution < 1.29 is 9.53 Å². The molecule has 6 heteroatoms. The van der Waals surface area contributed by atoms with E-state index >= 15 is 0 Å². The maximum absolute atomic E-state index is 13.1. The van der Waals surface area contributed by atoms with E-state index in [1.54, 1.807) is 0 Å². The highest BCUT2D eigenvalue weighted by Crippen LogP contribution is 2.31. The van der Waals surface area contributed by atoms with Gasteiger partial charge in [-0.05, 0) is 68.2 Å². The molecule has 1 aliphatic carbocycles. The molecule has 0 bridgehead atoms. The number of ether oxygens (including phenoxy) is 1. The fourth-order valence-electron chi connectivity index (χ4n) is 5.43. The molecule has 1 amide bonds. The minimum Gasteiger partial charge on any atom is -0.379 e. The van der Waals surface area contributed by atoms with E-state index in [2.05, 4.69) is 33.8 Å². The number of benzene rings is 1. The van der Waals surface area contributed by atoms with Gasteiger partial charge in [0, 0.05) is 56.8 Å². The van der Waals surface area contributed by atoms with Crippen LogP contribution in [-0.4, -0.2) is 79.1 Å². The molecular formula is C26H40ClN3O2. The normalized spacial score (nSPS) is 25.1. The summed E-state index contributed by atoms with van der Waals surface area (Å²) in [4.78, 5) is 20.4. The molecule has 2 aliphatic heterocycles. The molecule has 0 N–H and O–H groups in total. The molecule has 5 nitrogen and oxygen atoms in total. The van der Waals surface area contributed by atoms with Gasteiger partial charge in [0.1, 0.15) is 0 Å². The fourth-order valence-corrected chi connectivity index (χ4v) is 5.55. The molecule has 3 fully saturated rings. The number of piperidine rings is 1. The number of likely N-dealkylation sites (tertiary alicyclic amines) is 1. The molecule has 2 heterocycles. The van der Waals surface area contributed by atoms with Crippen molar-refractivity contribution in [2.75, 3.05) is 52.5 Å². The molecule has 1 aromatic rings. The number of rotatable bonds is 10. The van der Waals surface area contributed by atoms with Crippen molar-refractivity contribution in [2.45, 2.75) is 58.0 Å². The first-order valence-electron chi connectivity index (χ1n) is 12.7. The first-order chi connectivity index (χ1) is 15.6. The summed E-state index contributed by atoms with van der Waals surface area (Å²) < 4.78 is 5.61. The molecule has 32 heavy (non-hydrogen) atoms. The van der Waals surface area contributed by atoms with Crippen molar-refractivity contribution >= 4 is 17.5 Å². The van der Waals surface area contributed by atoms with Crippen molar-refractivity contribution in [1.82, 2.24) is 14.7 Å². The van der Waals surface area contributed by atoms with E-state index in [0.29, 0.717) is 24.3 Å². The number of morpholine rings is 1. The molecule has 3 aliphatic rings. The third-order valence-electron chi connectivity index (χ3n) is 7.36. The second-order valence-corrected chi connectivity index (χ2v) is 10.4. The quantitative estimate of drug-likeness (QED) is 0.520. The summed E-state index contributed by atoms with van der Waals surface area (Å²) in [6.45, 7) is 10.9. The molecule has 0 radical (unpaired) electrons. The van der Waals surface area contributed by atoms with Crippen LogP contribution in [0.2, 0.25) is 5.02 Å². The average molecular weight is 462 g/mol. The van der Waals surface area contributed by atoms with Crippen LogP contribution in [0.1, 0.15) is 51.0 Å². The van der Waals surface area contributed by atoms with Crippen LogP contribution in [0, 0.1) is 11.8 Å². The Morgan fingerprint density at radius 2 is 1.88 bits per heavy atom. The Balaban J connectivity index is 1.37. The molecular weight excluding hydrogens is 422 g/mol. The Hall–Kier alpha value is -1.14. The molecule has 1 saturated carbocycles. The minimum atomic E-state index is 0.370. The van der Waals surface area contributed by atoms with Gasteiger partial charge in [-0.1, -0.05) is 30.7 Å². The lowest BCUT2D eigenvalue weighted by Crippen LogP contribution is -2.54. The van der Waals surface area contributed by atoms with Gasteiger partial charge in [0.05, 0.1) is 13.2 Å². The Bertz CT molecular complexity index is 718. The SMILES string of the molecule is CCCN(CC1CC1)C(=O)CC[C@H]1CN(Cc2ccc(Cl)cc2)CC[C@H]1N1CCOCC1. The third kappa shape index (κ3) is 6.93. The lowest BCUT2D eigenvalue weighted by atomic mass is 9.86. The molecule has 178 valence electrons. The molecule has 0 spiro atoms. The zero-order chi connectivity index (χ0) is 22.3. The van der Waals surface area contributed by atoms with Crippen molar-refractivity contribution in [3.8, 4) is 0 Å². The van der Waals surface area contributed by atoms with Gasteiger partial charge in [0.25, 0.3) is 0 Å². The van der Waals surface area contributed by atoms with Crippen LogP contribution in [0.3, 0.4) is 0 Å². The monoisotopic (exact) mass is 461 g/mol. The van der Waals surface area contributed by atoms with Gasteiger partial charge in [-0.25, -0.2) is 0 Å². The first kappa shape index (κ1) is 24.0. The number of carbonyl (C=O) groups excluding carboxylic acids is 1. The van der Waals surface area contributed by atoms with Gasteiger partial charge >= 0.3 is 0 Å². The summed E-state index contributed by atoms with van der Waals surface area (Å²) >= 11 is 6.07. The zero-order valence-corrected chi connectivity index (χ0v) is 20.4. The summed E-state index contributed by atoms with van der Waals surface area (Å²) in [5.74, 6) is 1.66. The number of amides is 1. The summed E-state index contributed by atoms with van der Waals surface area (Å²) in [6.07, 6.45) is 6.50. The molecule has 2 saturated heterocycles. The summed E-state index contributed by atoms with van der Waals surface area (Å²) in [6, 6.07) is 8.80. The van der Waals surface area contributed by atoms with E-state index in [1.165, 1.54) is 24.8 Å². The smallest absolute Gasteiger partial charge is 0.222 e. The summed E-state index contributed by atoms with van der Waals surface area (Å²) in [5.41, 5.74) is 1.31. The van der Waals surface area contributed by atoms with Gasteiger partial charge in [-0.15, -0.1) is 0 Å². The number of hydrogen-bond donors (Lipinski definition) is 0. The number of nitrogens with zero attached hydrogens (tertiary/aromatic N) is 3. The van der Waals surface area contributed by atoms with Crippen LogP contribution in [0.15, 0.2) is 24.3 Å². The van der Waals surface area contributed by atoms with Crippen LogP contribution >= 0.6 is 11.6 Å². The topological polar surface area (TPSA) is 36.0 Å². The first-order valence-corrected chi connectivity index (χ1v) is 13.1. The maximum Gasteiger partial charge on any atom is 0.222 e. The predicted molar refractivity (Wildman–Crippen MR) is 130 cm³/mol. The fraction of sp³-hybridized carbons (Fsp3) is 0.731. The Labute approximate surface area is 199 Å². The van der Waals surface area contributed by atoms with Crippen LogP contribution in [0.5, 0.6) is 0 Å². The van der Waals surface area contributed by atoms with Gasteiger partial charge in [-0.3, -0.25) is 14.6 Å². The second kappa shape index (κ2) is 11.8. The van der Waals surface area contributed by atoms with E-state index in [1.807, 2.05) is 12.1 Å². The van der Waals surface area contributed by atoms with E-state index in [4.69, 9.17) is 16.3 Å². The molecule has 2 atom stereocenters. The predicted octanol–water partition coefficient (Wildman–Crippen LogP) is 4.29. The van der Waals surface area contributed by atoms with Crippen LogP contribution < -0.4 is 0 Å².